The van der Waals surface area contributed by atoms with Gasteiger partial charge in [0, 0.05) is 22.3 Å². The van der Waals surface area contributed by atoms with E-state index in [1.165, 1.54) is 47.8 Å². The molecule has 0 atom stereocenters. The largest absolute Gasteiger partial charge is 0.471 e. The van der Waals surface area contributed by atoms with E-state index in [0.717, 1.165) is 48.9 Å². The standard InChI is InChI=1S/C18H15F5N2O4S.C17H12F5N3O3S/c1-30(28,29)25(15-5-3-2-4-13(15)19)10-12-7-6-11(8-14(12)20)16(26)9-24-17(27)18(21,22)23;1-29(26,27)25(14-5-3-2-4-12(14)18)9-11-7-6-10(8-13(11)19)15-23-24-16(28-15)17(20,21)22/h2-8H,9-10H2,1H3,(H,24,27);2-8H,9H2,1H3. The molecule has 316 valence electrons. The minimum absolute atomic E-state index is 0.133. The van der Waals surface area contributed by atoms with Crippen molar-refractivity contribution >= 4 is 43.1 Å². The number of hydrogen-bond donors (Lipinski definition) is 1. The normalized spacial score (nSPS) is 12.0. The number of rotatable bonds is 12. The molecule has 0 aliphatic rings. The van der Waals surface area contributed by atoms with Crippen molar-refractivity contribution in [2.45, 2.75) is 25.4 Å². The van der Waals surface area contributed by atoms with Crippen LogP contribution in [0.1, 0.15) is 27.4 Å². The summed E-state index contributed by atoms with van der Waals surface area (Å²) in [5, 5.41) is 7.45. The third-order valence-electron chi connectivity index (χ3n) is 7.68. The lowest BCUT2D eigenvalue weighted by atomic mass is 10.1. The molecule has 0 fully saturated rings. The molecule has 0 spiro atoms. The zero-order valence-corrected chi connectivity index (χ0v) is 31.6. The van der Waals surface area contributed by atoms with E-state index in [2.05, 4.69) is 14.6 Å². The van der Waals surface area contributed by atoms with Crippen molar-refractivity contribution in [3.05, 3.63) is 131 Å². The zero-order valence-electron chi connectivity index (χ0n) is 29.9. The number of hydrogen-bond acceptors (Lipinski definition) is 9. The Hall–Kier alpha value is -6.04. The highest BCUT2D eigenvalue weighted by molar-refractivity contribution is 7.92. The number of benzene rings is 4. The minimum atomic E-state index is -5.17. The first-order valence-electron chi connectivity index (χ1n) is 16.1. The van der Waals surface area contributed by atoms with Crippen LogP contribution in [0, 0.1) is 23.3 Å². The fraction of sp³-hybridized carbons (Fsp3) is 0.200. The topological polar surface area (TPSA) is 160 Å². The summed E-state index contributed by atoms with van der Waals surface area (Å²) in [6.45, 7) is -2.14. The number of sulfonamides is 2. The van der Waals surface area contributed by atoms with Crippen LogP contribution >= 0.6 is 0 Å². The van der Waals surface area contributed by atoms with Crippen molar-refractivity contribution in [1.82, 2.24) is 15.5 Å². The van der Waals surface area contributed by atoms with Crippen LogP contribution in [0.15, 0.2) is 89.3 Å². The summed E-state index contributed by atoms with van der Waals surface area (Å²) in [4.78, 5) is 22.6. The van der Waals surface area contributed by atoms with E-state index < -0.39 is 98.8 Å². The predicted octanol–water partition coefficient (Wildman–Crippen LogP) is 6.79. The van der Waals surface area contributed by atoms with Crippen LogP contribution in [0.2, 0.25) is 0 Å². The first-order chi connectivity index (χ1) is 27.3. The predicted molar refractivity (Wildman–Crippen MR) is 189 cm³/mol. The fourth-order valence-electron chi connectivity index (χ4n) is 4.85. The molecule has 1 N–H and O–H groups in total. The summed E-state index contributed by atoms with van der Waals surface area (Å²) in [5.41, 5.74) is -1.40. The fourth-order valence-corrected chi connectivity index (χ4v) is 6.61. The summed E-state index contributed by atoms with van der Waals surface area (Å²) in [6, 6.07) is 16.0. The molecule has 1 heterocycles. The number of nitrogens with zero attached hydrogens (tertiary/aromatic N) is 4. The number of anilines is 2. The summed E-state index contributed by atoms with van der Waals surface area (Å²) >= 11 is 0. The van der Waals surface area contributed by atoms with E-state index >= 15 is 0 Å². The average molecular weight is 884 g/mol. The van der Waals surface area contributed by atoms with Crippen molar-refractivity contribution in [3.8, 4) is 11.5 Å². The van der Waals surface area contributed by atoms with Gasteiger partial charge >= 0.3 is 24.2 Å². The van der Waals surface area contributed by atoms with E-state index in [9.17, 15) is 70.3 Å². The SMILES string of the molecule is CS(=O)(=O)N(Cc1ccc(-c2nnc(C(F)(F)F)o2)cc1F)c1ccccc1F.CS(=O)(=O)N(Cc1ccc(C(=O)CNC(=O)C(F)(F)F)cc1F)c1ccccc1F. The number of nitrogens with one attached hydrogen (secondary N) is 1. The van der Waals surface area contributed by atoms with Gasteiger partial charge in [0.05, 0.1) is 43.5 Å². The number of carbonyl (C=O) groups excluding carboxylic acids is 2. The Bertz CT molecular complexity index is 2570. The quantitative estimate of drug-likeness (QED) is 0.105. The smallest absolute Gasteiger partial charge is 0.413 e. The van der Waals surface area contributed by atoms with Crippen LogP contribution in [-0.2, 0) is 44.1 Å². The molecule has 1 amide bonds. The van der Waals surface area contributed by atoms with E-state index in [4.69, 9.17) is 0 Å². The zero-order chi connectivity index (χ0) is 44.1. The average Bonchev–Trinajstić information content (AvgIpc) is 3.64. The number of Topliss-reactive ketones (excluding diaryl/α,β-unsaturated/α-hetero) is 1. The summed E-state index contributed by atoms with van der Waals surface area (Å²) < 4.78 is 185. The molecule has 0 saturated carbocycles. The van der Waals surface area contributed by atoms with Gasteiger partial charge in [-0.25, -0.2) is 34.4 Å². The van der Waals surface area contributed by atoms with Crippen LogP contribution in [0.5, 0.6) is 0 Å². The van der Waals surface area contributed by atoms with E-state index in [1.54, 1.807) is 0 Å². The molecule has 24 heteroatoms. The van der Waals surface area contributed by atoms with Crippen LogP contribution in [0.3, 0.4) is 0 Å². The summed E-state index contributed by atoms with van der Waals surface area (Å²) in [6.07, 6.45) is -8.38. The third kappa shape index (κ3) is 12.0. The molecular weight excluding hydrogens is 857 g/mol. The molecule has 0 aliphatic heterocycles. The number of halogens is 10. The van der Waals surface area contributed by atoms with E-state index in [-0.39, 0.29) is 33.6 Å². The van der Waals surface area contributed by atoms with Crippen molar-refractivity contribution in [2.24, 2.45) is 0 Å². The van der Waals surface area contributed by atoms with Gasteiger partial charge in [-0.15, -0.1) is 10.2 Å². The minimum Gasteiger partial charge on any atom is -0.413 e. The molecule has 1 aromatic heterocycles. The Morgan fingerprint density at radius 1 is 0.661 bits per heavy atom. The van der Waals surface area contributed by atoms with Gasteiger partial charge in [0.2, 0.25) is 25.9 Å². The molecular formula is C35H27F10N5O7S2. The second-order valence-corrected chi connectivity index (χ2v) is 15.9. The lowest BCUT2D eigenvalue weighted by Gasteiger charge is -2.23. The Balaban J connectivity index is 0.000000261. The second-order valence-electron chi connectivity index (χ2n) is 12.1. The highest BCUT2D eigenvalue weighted by Gasteiger charge is 2.39. The van der Waals surface area contributed by atoms with Crippen molar-refractivity contribution in [2.75, 3.05) is 27.7 Å². The van der Waals surface area contributed by atoms with Gasteiger partial charge in [-0.1, -0.05) is 42.5 Å². The first-order valence-corrected chi connectivity index (χ1v) is 19.8. The number of para-hydroxylation sites is 2. The van der Waals surface area contributed by atoms with Crippen LogP contribution in [0.25, 0.3) is 11.5 Å². The van der Waals surface area contributed by atoms with Gasteiger partial charge in [-0.2, -0.15) is 26.3 Å². The van der Waals surface area contributed by atoms with Gasteiger partial charge in [0.15, 0.2) is 5.78 Å². The molecule has 0 aliphatic carbocycles. The second kappa shape index (κ2) is 17.8. The molecule has 0 radical (unpaired) electrons. The van der Waals surface area contributed by atoms with Gasteiger partial charge < -0.3 is 9.73 Å². The highest BCUT2D eigenvalue weighted by Crippen LogP contribution is 2.32. The summed E-state index contributed by atoms with van der Waals surface area (Å²) in [7, 11) is -7.98. The molecule has 0 bridgehead atoms. The lowest BCUT2D eigenvalue weighted by Crippen LogP contribution is -2.39. The lowest BCUT2D eigenvalue weighted by molar-refractivity contribution is -0.173. The van der Waals surface area contributed by atoms with Gasteiger partial charge in [0.1, 0.15) is 23.3 Å². The van der Waals surface area contributed by atoms with Crippen molar-refractivity contribution < 1.29 is 74.7 Å². The van der Waals surface area contributed by atoms with E-state index in [1.807, 2.05) is 0 Å². The maximum Gasteiger partial charge on any atom is 0.471 e. The first kappa shape index (κ1) is 45.7. The maximum atomic E-state index is 14.5. The molecule has 59 heavy (non-hydrogen) atoms. The number of alkyl halides is 6. The maximum absolute atomic E-state index is 14.5. The number of carbonyl (C=O) groups is 2. The number of amides is 1. The Morgan fingerprint density at radius 2 is 1.14 bits per heavy atom. The van der Waals surface area contributed by atoms with Gasteiger partial charge in [0.25, 0.3) is 0 Å². The Kier molecular flexibility index (Phi) is 13.8. The van der Waals surface area contributed by atoms with Gasteiger partial charge in [-0.05, 0) is 42.5 Å². The molecule has 12 nitrogen and oxygen atoms in total. The Morgan fingerprint density at radius 3 is 1.54 bits per heavy atom. The molecule has 5 rings (SSSR count). The number of aromatic nitrogens is 2. The van der Waals surface area contributed by atoms with Crippen LogP contribution in [-0.4, -0.2) is 64.0 Å². The van der Waals surface area contributed by atoms with E-state index in [0.29, 0.717) is 14.7 Å². The number of ketones is 1. The van der Waals surface area contributed by atoms with Crippen molar-refractivity contribution in [3.63, 3.8) is 0 Å². The monoisotopic (exact) mass is 883 g/mol. The summed E-state index contributed by atoms with van der Waals surface area (Å²) in [5.74, 6) is -9.10. The van der Waals surface area contributed by atoms with Crippen LogP contribution in [0.4, 0.5) is 55.3 Å². The molecule has 0 saturated heterocycles. The highest BCUT2D eigenvalue weighted by atomic mass is 32.2. The van der Waals surface area contributed by atoms with Crippen molar-refractivity contribution in [1.29, 1.82) is 0 Å². The molecule has 5 aromatic rings. The Labute approximate surface area is 328 Å². The van der Waals surface area contributed by atoms with Gasteiger partial charge in [-0.3, -0.25) is 18.2 Å². The molecule has 4 aromatic carbocycles. The molecule has 0 unspecified atom stereocenters. The van der Waals surface area contributed by atoms with Crippen LogP contribution < -0.4 is 13.9 Å². The third-order valence-corrected chi connectivity index (χ3v) is 9.93.